The Bertz CT molecular complexity index is 927. The first-order valence-corrected chi connectivity index (χ1v) is 10.8. The molecule has 3 aromatic carbocycles. The standard InChI is InChI=1S/C24H25NO3S/c1-27-23-14-20(10-13-22(23)28-16-18-6-4-3-5-7-18)15-25-24(26)21-11-8-19(9-12-21)17-29-2/h3-14H,15-17H2,1-2H3,(H,25,26). The first-order valence-electron chi connectivity index (χ1n) is 9.39. The average molecular weight is 408 g/mol. The summed E-state index contributed by atoms with van der Waals surface area (Å²) in [5, 5.41) is 2.95. The minimum atomic E-state index is -0.0935. The number of rotatable bonds is 9. The van der Waals surface area contributed by atoms with Gasteiger partial charge in [0.2, 0.25) is 0 Å². The van der Waals surface area contributed by atoms with Gasteiger partial charge in [-0.3, -0.25) is 4.79 Å². The van der Waals surface area contributed by atoms with Crippen molar-refractivity contribution < 1.29 is 14.3 Å². The second kappa shape index (κ2) is 10.6. The molecule has 0 atom stereocenters. The zero-order valence-corrected chi connectivity index (χ0v) is 17.5. The van der Waals surface area contributed by atoms with Crippen molar-refractivity contribution in [2.75, 3.05) is 13.4 Å². The Morgan fingerprint density at radius 3 is 2.31 bits per heavy atom. The Morgan fingerprint density at radius 1 is 0.897 bits per heavy atom. The fraction of sp³-hybridized carbons (Fsp3) is 0.208. The summed E-state index contributed by atoms with van der Waals surface area (Å²) in [4.78, 5) is 12.4. The predicted octanol–water partition coefficient (Wildman–Crippen LogP) is 5.07. The molecule has 0 fully saturated rings. The van der Waals surface area contributed by atoms with Crippen molar-refractivity contribution in [1.29, 1.82) is 0 Å². The molecule has 1 amide bonds. The molecule has 0 heterocycles. The first kappa shape index (κ1) is 20.8. The number of carbonyl (C=O) groups excluding carboxylic acids is 1. The van der Waals surface area contributed by atoms with E-state index in [1.165, 1.54) is 5.56 Å². The number of thioether (sulfide) groups is 1. The number of hydrogen-bond acceptors (Lipinski definition) is 4. The lowest BCUT2D eigenvalue weighted by Gasteiger charge is -2.13. The summed E-state index contributed by atoms with van der Waals surface area (Å²) >= 11 is 1.76. The van der Waals surface area contributed by atoms with Gasteiger partial charge in [-0.1, -0.05) is 48.5 Å². The normalized spacial score (nSPS) is 10.4. The molecule has 0 unspecified atom stereocenters. The number of hydrogen-bond donors (Lipinski definition) is 1. The Morgan fingerprint density at radius 2 is 1.62 bits per heavy atom. The van der Waals surface area contributed by atoms with Gasteiger partial charge in [-0.2, -0.15) is 11.8 Å². The highest BCUT2D eigenvalue weighted by molar-refractivity contribution is 7.97. The Labute approximate surface area is 176 Å². The van der Waals surface area contributed by atoms with E-state index in [9.17, 15) is 4.79 Å². The average Bonchev–Trinajstić information content (AvgIpc) is 2.77. The molecule has 29 heavy (non-hydrogen) atoms. The monoisotopic (exact) mass is 407 g/mol. The fourth-order valence-corrected chi connectivity index (χ4v) is 3.41. The van der Waals surface area contributed by atoms with Gasteiger partial charge >= 0.3 is 0 Å². The van der Waals surface area contributed by atoms with Crippen LogP contribution in [0, 0.1) is 0 Å². The summed E-state index contributed by atoms with van der Waals surface area (Å²) in [5.41, 5.74) is 3.91. The van der Waals surface area contributed by atoms with Crippen LogP contribution in [0.3, 0.4) is 0 Å². The van der Waals surface area contributed by atoms with E-state index >= 15 is 0 Å². The van der Waals surface area contributed by atoms with Crippen LogP contribution in [0.4, 0.5) is 0 Å². The molecule has 0 aliphatic heterocycles. The molecule has 0 saturated heterocycles. The van der Waals surface area contributed by atoms with Gasteiger partial charge in [0.05, 0.1) is 7.11 Å². The number of ether oxygens (including phenoxy) is 2. The Kier molecular flexibility index (Phi) is 7.59. The highest BCUT2D eigenvalue weighted by atomic mass is 32.2. The molecule has 3 aromatic rings. The number of carbonyl (C=O) groups is 1. The summed E-state index contributed by atoms with van der Waals surface area (Å²) in [6, 6.07) is 23.4. The summed E-state index contributed by atoms with van der Waals surface area (Å²) in [6.07, 6.45) is 2.06. The maximum absolute atomic E-state index is 12.4. The van der Waals surface area contributed by atoms with Crippen molar-refractivity contribution >= 4 is 17.7 Å². The Hall–Kier alpha value is -2.92. The van der Waals surface area contributed by atoms with E-state index in [4.69, 9.17) is 9.47 Å². The second-order valence-corrected chi connectivity index (χ2v) is 7.44. The molecule has 1 N–H and O–H groups in total. The van der Waals surface area contributed by atoms with E-state index in [-0.39, 0.29) is 5.91 Å². The maximum Gasteiger partial charge on any atom is 0.251 e. The van der Waals surface area contributed by atoms with Crippen molar-refractivity contribution in [2.45, 2.75) is 18.9 Å². The van der Waals surface area contributed by atoms with Crippen molar-refractivity contribution in [3.05, 3.63) is 95.1 Å². The van der Waals surface area contributed by atoms with Crippen LogP contribution < -0.4 is 14.8 Å². The second-order valence-electron chi connectivity index (χ2n) is 6.57. The largest absolute Gasteiger partial charge is 0.493 e. The van der Waals surface area contributed by atoms with E-state index < -0.39 is 0 Å². The van der Waals surface area contributed by atoms with Crippen LogP contribution >= 0.6 is 11.8 Å². The zero-order chi connectivity index (χ0) is 20.5. The lowest BCUT2D eigenvalue weighted by Crippen LogP contribution is -2.22. The van der Waals surface area contributed by atoms with Crippen LogP contribution in [0.15, 0.2) is 72.8 Å². The number of nitrogens with one attached hydrogen (secondary N) is 1. The maximum atomic E-state index is 12.4. The van der Waals surface area contributed by atoms with Gasteiger partial charge in [-0.15, -0.1) is 0 Å². The highest BCUT2D eigenvalue weighted by Gasteiger charge is 2.09. The third-order valence-electron chi connectivity index (χ3n) is 4.45. The van der Waals surface area contributed by atoms with E-state index in [2.05, 4.69) is 11.6 Å². The van der Waals surface area contributed by atoms with Crippen LogP contribution in [0.1, 0.15) is 27.0 Å². The quantitative estimate of drug-likeness (QED) is 0.538. The van der Waals surface area contributed by atoms with Gasteiger partial charge in [0.15, 0.2) is 11.5 Å². The predicted molar refractivity (Wildman–Crippen MR) is 119 cm³/mol. The van der Waals surface area contributed by atoms with E-state index in [1.807, 2.05) is 72.8 Å². The van der Waals surface area contributed by atoms with Crippen molar-refractivity contribution in [2.24, 2.45) is 0 Å². The van der Waals surface area contributed by atoms with Crippen LogP contribution in [-0.2, 0) is 18.9 Å². The summed E-state index contributed by atoms with van der Waals surface area (Å²) in [7, 11) is 1.61. The molecule has 4 nitrogen and oxygen atoms in total. The van der Waals surface area contributed by atoms with Crippen LogP contribution in [0.2, 0.25) is 0 Å². The molecule has 0 radical (unpaired) electrons. The van der Waals surface area contributed by atoms with Gasteiger partial charge in [0, 0.05) is 17.9 Å². The molecule has 0 aromatic heterocycles. The number of methoxy groups -OCH3 is 1. The molecule has 150 valence electrons. The van der Waals surface area contributed by atoms with Crippen LogP contribution in [0.5, 0.6) is 11.5 Å². The third kappa shape index (κ3) is 6.03. The topological polar surface area (TPSA) is 47.6 Å². The minimum Gasteiger partial charge on any atom is -0.493 e. The molecular formula is C24H25NO3S. The van der Waals surface area contributed by atoms with Crippen molar-refractivity contribution in [3.63, 3.8) is 0 Å². The van der Waals surface area contributed by atoms with E-state index in [0.717, 1.165) is 16.9 Å². The first-order chi connectivity index (χ1) is 14.2. The molecule has 0 bridgehead atoms. The van der Waals surface area contributed by atoms with Crippen molar-refractivity contribution in [3.8, 4) is 11.5 Å². The van der Waals surface area contributed by atoms with Crippen LogP contribution in [0.25, 0.3) is 0 Å². The third-order valence-corrected chi connectivity index (χ3v) is 5.07. The number of benzene rings is 3. The zero-order valence-electron chi connectivity index (χ0n) is 16.7. The van der Waals surface area contributed by atoms with E-state index in [0.29, 0.717) is 30.2 Å². The minimum absolute atomic E-state index is 0.0935. The molecule has 0 aliphatic rings. The summed E-state index contributed by atoms with van der Waals surface area (Å²) in [5.74, 6) is 2.18. The lowest BCUT2D eigenvalue weighted by atomic mass is 10.1. The van der Waals surface area contributed by atoms with Gasteiger partial charge < -0.3 is 14.8 Å². The SMILES string of the molecule is COc1cc(CNC(=O)c2ccc(CSC)cc2)ccc1OCc1ccccc1. The van der Waals surface area contributed by atoms with Gasteiger partial charge in [-0.05, 0) is 47.2 Å². The van der Waals surface area contributed by atoms with Gasteiger partial charge in [0.1, 0.15) is 6.61 Å². The van der Waals surface area contributed by atoms with Crippen molar-refractivity contribution in [1.82, 2.24) is 5.32 Å². The molecular weight excluding hydrogens is 382 g/mol. The van der Waals surface area contributed by atoms with Gasteiger partial charge in [-0.25, -0.2) is 0 Å². The van der Waals surface area contributed by atoms with Gasteiger partial charge in [0.25, 0.3) is 5.91 Å². The molecule has 0 saturated carbocycles. The lowest BCUT2D eigenvalue weighted by molar-refractivity contribution is 0.0951. The fourth-order valence-electron chi connectivity index (χ4n) is 2.88. The van der Waals surface area contributed by atoms with E-state index in [1.54, 1.807) is 18.9 Å². The molecule has 5 heteroatoms. The summed E-state index contributed by atoms with van der Waals surface area (Å²) < 4.78 is 11.3. The highest BCUT2D eigenvalue weighted by Crippen LogP contribution is 2.29. The number of amides is 1. The van der Waals surface area contributed by atoms with Crippen LogP contribution in [-0.4, -0.2) is 19.3 Å². The smallest absolute Gasteiger partial charge is 0.251 e. The Balaban J connectivity index is 1.58. The molecule has 3 rings (SSSR count). The molecule has 0 aliphatic carbocycles. The summed E-state index contributed by atoms with van der Waals surface area (Å²) in [6.45, 7) is 0.889. The molecule has 0 spiro atoms.